The molecule has 1 aliphatic rings. The van der Waals surface area contributed by atoms with Gasteiger partial charge in [-0.05, 0) is 19.8 Å². The fraction of sp³-hybridized carbons (Fsp3) is 1.00. The van der Waals surface area contributed by atoms with Gasteiger partial charge in [-0.3, -0.25) is 0 Å². The zero-order valence-electron chi connectivity index (χ0n) is 11.6. The molecule has 1 saturated heterocycles. The van der Waals surface area contributed by atoms with Crippen molar-refractivity contribution in [1.82, 2.24) is 10.2 Å². The number of hydrogen-bond acceptors (Lipinski definition) is 4. The van der Waals surface area contributed by atoms with Gasteiger partial charge >= 0.3 is 0 Å². The summed E-state index contributed by atoms with van der Waals surface area (Å²) in [6.07, 6.45) is 2.30. The lowest BCUT2D eigenvalue weighted by Crippen LogP contribution is -2.58. The van der Waals surface area contributed by atoms with E-state index >= 15 is 0 Å². The fourth-order valence-electron chi connectivity index (χ4n) is 2.21. The van der Waals surface area contributed by atoms with E-state index in [9.17, 15) is 0 Å². The maximum atomic E-state index is 5.48. The highest BCUT2D eigenvalue weighted by molar-refractivity contribution is 4.89. The molecule has 0 spiro atoms. The Labute approximate surface area is 106 Å². The van der Waals surface area contributed by atoms with Crippen LogP contribution in [0.3, 0.4) is 0 Å². The number of ether oxygens (including phenoxy) is 2. The molecule has 0 bridgehead atoms. The SMILES string of the molecule is CCC1(C)CN(CCCOCCOC)CCN1. The molecule has 17 heavy (non-hydrogen) atoms. The van der Waals surface area contributed by atoms with Gasteiger partial charge in [0.15, 0.2) is 0 Å². The van der Waals surface area contributed by atoms with Gasteiger partial charge in [0.25, 0.3) is 0 Å². The van der Waals surface area contributed by atoms with Crippen molar-refractivity contribution < 1.29 is 9.47 Å². The predicted octanol–water partition coefficient (Wildman–Crippen LogP) is 1.11. The fourth-order valence-corrected chi connectivity index (χ4v) is 2.21. The highest BCUT2D eigenvalue weighted by atomic mass is 16.5. The Bertz CT molecular complexity index is 202. The summed E-state index contributed by atoms with van der Waals surface area (Å²) in [5.74, 6) is 0. The van der Waals surface area contributed by atoms with Gasteiger partial charge in [-0.25, -0.2) is 0 Å². The van der Waals surface area contributed by atoms with Crippen LogP contribution in [0.5, 0.6) is 0 Å². The molecule has 0 aromatic rings. The van der Waals surface area contributed by atoms with Crippen LogP contribution in [0, 0.1) is 0 Å². The average molecular weight is 244 g/mol. The molecule has 1 aliphatic heterocycles. The molecular weight excluding hydrogens is 216 g/mol. The van der Waals surface area contributed by atoms with Gasteiger partial charge in [0.05, 0.1) is 13.2 Å². The minimum atomic E-state index is 0.301. The minimum absolute atomic E-state index is 0.301. The number of nitrogens with one attached hydrogen (secondary N) is 1. The number of rotatable bonds is 8. The van der Waals surface area contributed by atoms with E-state index in [0.717, 1.165) is 39.2 Å². The first-order valence-corrected chi connectivity index (χ1v) is 6.74. The Morgan fingerprint density at radius 2 is 2.12 bits per heavy atom. The van der Waals surface area contributed by atoms with Crippen LogP contribution in [0.15, 0.2) is 0 Å². The lowest BCUT2D eigenvalue weighted by molar-refractivity contribution is 0.0606. The summed E-state index contributed by atoms with van der Waals surface area (Å²) < 4.78 is 10.4. The number of methoxy groups -OCH3 is 1. The lowest BCUT2D eigenvalue weighted by atomic mass is 9.96. The topological polar surface area (TPSA) is 33.7 Å². The Kier molecular flexibility index (Phi) is 7.04. The zero-order chi connectivity index (χ0) is 12.6. The summed E-state index contributed by atoms with van der Waals surface area (Å²) in [5.41, 5.74) is 0.301. The van der Waals surface area contributed by atoms with Crippen molar-refractivity contribution in [2.24, 2.45) is 0 Å². The molecule has 1 N–H and O–H groups in total. The number of hydrogen-bond donors (Lipinski definition) is 1. The highest BCUT2D eigenvalue weighted by Crippen LogP contribution is 2.15. The monoisotopic (exact) mass is 244 g/mol. The van der Waals surface area contributed by atoms with Crippen molar-refractivity contribution in [2.45, 2.75) is 32.2 Å². The number of piperazine rings is 1. The second kappa shape index (κ2) is 8.03. The molecule has 0 aromatic carbocycles. The third-order valence-corrected chi connectivity index (χ3v) is 3.53. The first kappa shape index (κ1) is 14.9. The van der Waals surface area contributed by atoms with E-state index in [2.05, 4.69) is 24.1 Å². The van der Waals surface area contributed by atoms with Crippen molar-refractivity contribution in [3.8, 4) is 0 Å². The molecule has 1 unspecified atom stereocenters. The van der Waals surface area contributed by atoms with Crippen LogP contribution in [0.4, 0.5) is 0 Å². The third kappa shape index (κ3) is 5.82. The van der Waals surface area contributed by atoms with E-state index in [-0.39, 0.29) is 0 Å². The smallest absolute Gasteiger partial charge is 0.0700 e. The van der Waals surface area contributed by atoms with E-state index in [0.29, 0.717) is 18.8 Å². The zero-order valence-corrected chi connectivity index (χ0v) is 11.6. The first-order valence-electron chi connectivity index (χ1n) is 6.74. The first-order chi connectivity index (χ1) is 8.20. The molecule has 1 heterocycles. The number of nitrogens with zero attached hydrogens (tertiary/aromatic N) is 1. The van der Waals surface area contributed by atoms with Crippen LogP contribution in [-0.4, -0.2) is 63.5 Å². The quantitative estimate of drug-likeness (QED) is 0.649. The van der Waals surface area contributed by atoms with Crippen molar-refractivity contribution >= 4 is 0 Å². The average Bonchev–Trinajstić information content (AvgIpc) is 2.34. The molecule has 1 atom stereocenters. The summed E-state index contributed by atoms with van der Waals surface area (Å²) in [5, 5.41) is 3.60. The maximum absolute atomic E-state index is 5.48. The van der Waals surface area contributed by atoms with Gasteiger partial charge in [0, 0.05) is 45.4 Å². The highest BCUT2D eigenvalue weighted by Gasteiger charge is 2.27. The van der Waals surface area contributed by atoms with Crippen molar-refractivity contribution in [3.63, 3.8) is 0 Å². The summed E-state index contributed by atoms with van der Waals surface area (Å²) in [6, 6.07) is 0. The van der Waals surface area contributed by atoms with Crippen LogP contribution in [0.1, 0.15) is 26.7 Å². The standard InChI is InChI=1S/C13H28N2O2/c1-4-13(2)12-15(8-6-14-13)7-5-9-17-11-10-16-3/h14H,4-12H2,1-3H3. The molecule has 1 fully saturated rings. The largest absolute Gasteiger partial charge is 0.382 e. The molecule has 0 aliphatic carbocycles. The van der Waals surface area contributed by atoms with E-state index in [4.69, 9.17) is 9.47 Å². The summed E-state index contributed by atoms with van der Waals surface area (Å²) in [7, 11) is 1.70. The molecular formula is C13H28N2O2. The molecule has 0 radical (unpaired) electrons. The van der Waals surface area contributed by atoms with Gasteiger partial charge in [-0.1, -0.05) is 6.92 Å². The van der Waals surface area contributed by atoms with Gasteiger partial charge < -0.3 is 19.7 Å². The third-order valence-electron chi connectivity index (χ3n) is 3.53. The van der Waals surface area contributed by atoms with Crippen LogP contribution >= 0.6 is 0 Å². The van der Waals surface area contributed by atoms with E-state index in [1.165, 1.54) is 6.42 Å². The molecule has 0 amide bonds. The summed E-state index contributed by atoms with van der Waals surface area (Å²) >= 11 is 0. The Morgan fingerprint density at radius 3 is 2.82 bits per heavy atom. The normalized spacial score (nSPS) is 26.3. The maximum Gasteiger partial charge on any atom is 0.0700 e. The molecule has 1 rings (SSSR count). The summed E-state index contributed by atoms with van der Waals surface area (Å²) in [4.78, 5) is 2.54. The van der Waals surface area contributed by atoms with E-state index < -0.39 is 0 Å². The van der Waals surface area contributed by atoms with E-state index in [1.54, 1.807) is 7.11 Å². The van der Waals surface area contributed by atoms with Crippen molar-refractivity contribution in [1.29, 1.82) is 0 Å². The molecule has 0 aromatic heterocycles. The molecule has 4 nitrogen and oxygen atoms in total. The van der Waals surface area contributed by atoms with Gasteiger partial charge in [-0.15, -0.1) is 0 Å². The second-order valence-electron chi connectivity index (χ2n) is 5.08. The molecule has 0 saturated carbocycles. The lowest BCUT2D eigenvalue weighted by Gasteiger charge is -2.41. The van der Waals surface area contributed by atoms with Gasteiger partial charge in [-0.2, -0.15) is 0 Å². The van der Waals surface area contributed by atoms with Gasteiger partial charge in [0.2, 0.25) is 0 Å². The van der Waals surface area contributed by atoms with Crippen LogP contribution in [-0.2, 0) is 9.47 Å². The molecule has 102 valence electrons. The van der Waals surface area contributed by atoms with Crippen molar-refractivity contribution in [3.05, 3.63) is 0 Å². The van der Waals surface area contributed by atoms with Crippen molar-refractivity contribution in [2.75, 3.05) is 53.1 Å². The van der Waals surface area contributed by atoms with Crippen LogP contribution in [0.25, 0.3) is 0 Å². The second-order valence-corrected chi connectivity index (χ2v) is 5.08. The Morgan fingerprint density at radius 1 is 1.29 bits per heavy atom. The summed E-state index contributed by atoms with van der Waals surface area (Å²) in [6.45, 7) is 11.4. The van der Waals surface area contributed by atoms with Crippen LogP contribution in [0.2, 0.25) is 0 Å². The van der Waals surface area contributed by atoms with E-state index in [1.807, 2.05) is 0 Å². The molecule has 4 heteroatoms. The Balaban J connectivity index is 2.06. The van der Waals surface area contributed by atoms with Crippen LogP contribution < -0.4 is 5.32 Å². The Hall–Kier alpha value is -0.160. The predicted molar refractivity (Wildman–Crippen MR) is 70.5 cm³/mol. The minimum Gasteiger partial charge on any atom is -0.382 e. The van der Waals surface area contributed by atoms with Gasteiger partial charge in [0.1, 0.15) is 0 Å².